The second-order valence-electron chi connectivity index (χ2n) is 5.54. The van der Waals surface area contributed by atoms with E-state index in [0.29, 0.717) is 16.5 Å². The lowest BCUT2D eigenvalue weighted by atomic mass is 10.1. The van der Waals surface area contributed by atoms with Crippen molar-refractivity contribution in [3.63, 3.8) is 0 Å². The maximum Gasteiger partial charge on any atom is 0.254 e. The summed E-state index contributed by atoms with van der Waals surface area (Å²) in [5.41, 5.74) is 1.63. The summed E-state index contributed by atoms with van der Waals surface area (Å²) in [5.74, 6) is 0.832. The largest absolute Gasteiger partial charge is 0.447 e. The quantitative estimate of drug-likeness (QED) is 0.481. The number of carbonyl (C=O) groups excluding carboxylic acids is 1. The Morgan fingerprint density at radius 1 is 1.15 bits per heavy atom. The minimum absolute atomic E-state index is 0.211. The van der Waals surface area contributed by atoms with Crippen LogP contribution in [0.15, 0.2) is 64.5 Å². The van der Waals surface area contributed by atoms with Gasteiger partial charge in [0.05, 0.1) is 18.3 Å². The van der Waals surface area contributed by atoms with Gasteiger partial charge in [0.25, 0.3) is 5.91 Å². The minimum atomic E-state index is -0.225. The fourth-order valence-corrected chi connectivity index (χ4v) is 3.30. The highest BCUT2D eigenvalue weighted by Crippen LogP contribution is 2.21. The number of halogens is 1. The first kappa shape index (κ1) is 18.1. The summed E-state index contributed by atoms with van der Waals surface area (Å²) in [7, 11) is 0. The third-order valence-corrected chi connectivity index (χ3v) is 4.75. The lowest BCUT2D eigenvalue weighted by Crippen LogP contribution is -2.23. The van der Waals surface area contributed by atoms with Crippen molar-refractivity contribution in [1.29, 1.82) is 0 Å². The van der Waals surface area contributed by atoms with Crippen LogP contribution in [0.2, 0.25) is 0 Å². The lowest BCUT2D eigenvalue weighted by molar-refractivity contribution is 0.0943. The number of hydrogen-bond donors (Lipinski definition) is 1. The molecule has 5 nitrogen and oxygen atoms in total. The predicted molar refractivity (Wildman–Crippen MR) is 97.4 cm³/mol. The zero-order valence-electron chi connectivity index (χ0n) is 14.0. The molecule has 0 aliphatic heterocycles. The molecule has 134 valence electrons. The Bertz CT molecular complexity index is 838. The van der Waals surface area contributed by atoms with Crippen LogP contribution >= 0.6 is 11.8 Å². The summed E-state index contributed by atoms with van der Waals surface area (Å²) in [5, 5.41) is 3.47. The van der Waals surface area contributed by atoms with Gasteiger partial charge in [0.2, 0.25) is 5.89 Å². The molecule has 2 aromatic heterocycles. The summed E-state index contributed by atoms with van der Waals surface area (Å²) in [6.07, 6.45) is 6.44. The van der Waals surface area contributed by atoms with E-state index in [1.165, 1.54) is 36.4 Å². The summed E-state index contributed by atoms with van der Waals surface area (Å²) in [6.45, 7) is 0.232. The molecular formula is C19H18FN3O2S. The molecule has 0 aliphatic rings. The molecule has 0 aliphatic carbocycles. The zero-order chi connectivity index (χ0) is 18.2. The molecule has 2 heterocycles. The maximum atomic E-state index is 12.9. The van der Waals surface area contributed by atoms with Gasteiger partial charge in [-0.2, -0.15) is 0 Å². The number of hydrogen-bond acceptors (Lipinski definition) is 5. The van der Waals surface area contributed by atoms with E-state index in [4.69, 9.17) is 4.42 Å². The smallest absolute Gasteiger partial charge is 0.254 e. The molecule has 3 aromatic rings. The van der Waals surface area contributed by atoms with Crippen molar-refractivity contribution in [3.8, 4) is 0 Å². The molecular weight excluding hydrogens is 353 g/mol. The van der Waals surface area contributed by atoms with Gasteiger partial charge in [-0.15, -0.1) is 11.8 Å². The van der Waals surface area contributed by atoms with Crippen LogP contribution in [-0.4, -0.2) is 21.6 Å². The molecule has 0 saturated heterocycles. The Morgan fingerprint density at radius 3 is 2.77 bits per heavy atom. The van der Waals surface area contributed by atoms with Crippen molar-refractivity contribution in [2.75, 3.05) is 5.75 Å². The van der Waals surface area contributed by atoms with Gasteiger partial charge in [0.1, 0.15) is 17.1 Å². The number of oxazole rings is 1. The Hall–Kier alpha value is -2.67. The third kappa shape index (κ3) is 5.16. The number of carbonyl (C=O) groups is 1. The Balaban J connectivity index is 1.51. The second-order valence-corrected chi connectivity index (χ2v) is 6.63. The monoisotopic (exact) mass is 371 g/mol. The number of nitrogens with one attached hydrogen (secondary N) is 1. The minimum Gasteiger partial charge on any atom is -0.447 e. The number of amides is 1. The van der Waals surface area contributed by atoms with Crippen molar-refractivity contribution >= 4 is 17.7 Å². The van der Waals surface area contributed by atoms with Gasteiger partial charge in [0.15, 0.2) is 0 Å². The topological polar surface area (TPSA) is 68.0 Å². The van der Waals surface area contributed by atoms with Crippen molar-refractivity contribution < 1.29 is 13.6 Å². The normalized spacial score (nSPS) is 10.7. The highest BCUT2D eigenvalue weighted by Gasteiger charge is 2.13. The molecule has 7 heteroatoms. The molecule has 26 heavy (non-hydrogen) atoms. The Kier molecular flexibility index (Phi) is 6.38. The fourth-order valence-electron chi connectivity index (χ4n) is 2.37. The maximum absolute atomic E-state index is 12.9. The predicted octanol–water partition coefficient (Wildman–Crippen LogP) is 3.86. The third-order valence-electron chi connectivity index (χ3n) is 3.66. The number of benzene rings is 1. The van der Waals surface area contributed by atoms with E-state index in [2.05, 4.69) is 15.3 Å². The first-order chi connectivity index (χ1) is 12.7. The summed E-state index contributed by atoms with van der Waals surface area (Å²) in [4.78, 5) is 20.7. The fraction of sp³-hybridized carbons (Fsp3) is 0.211. The highest BCUT2D eigenvalue weighted by molar-refractivity contribution is 7.99. The van der Waals surface area contributed by atoms with Crippen LogP contribution in [0.5, 0.6) is 0 Å². The van der Waals surface area contributed by atoms with E-state index in [9.17, 15) is 9.18 Å². The molecule has 0 radical (unpaired) electrons. The molecule has 1 N–H and O–H groups in total. The van der Waals surface area contributed by atoms with Crippen LogP contribution in [0.3, 0.4) is 0 Å². The Morgan fingerprint density at radius 2 is 2.00 bits per heavy atom. The van der Waals surface area contributed by atoms with Gasteiger partial charge in [-0.3, -0.25) is 4.79 Å². The molecule has 0 spiro atoms. The number of rotatable bonds is 8. The van der Waals surface area contributed by atoms with Gasteiger partial charge in [-0.05, 0) is 48.4 Å². The Labute approximate surface area is 155 Å². The summed E-state index contributed by atoms with van der Waals surface area (Å²) >= 11 is 1.54. The van der Waals surface area contributed by atoms with Crippen LogP contribution in [0.4, 0.5) is 4.39 Å². The molecule has 0 bridgehead atoms. The first-order valence-electron chi connectivity index (χ1n) is 8.21. The van der Waals surface area contributed by atoms with Gasteiger partial charge in [-0.1, -0.05) is 12.1 Å². The number of aromatic nitrogens is 2. The lowest BCUT2D eigenvalue weighted by Gasteiger charge is -2.08. The highest BCUT2D eigenvalue weighted by atomic mass is 32.2. The van der Waals surface area contributed by atoms with E-state index in [1.807, 2.05) is 0 Å². The average Bonchev–Trinajstić information content (AvgIpc) is 3.19. The van der Waals surface area contributed by atoms with Gasteiger partial charge in [0, 0.05) is 6.20 Å². The van der Waals surface area contributed by atoms with E-state index in [1.54, 1.807) is 30.5 Å². The molecule has 0 fully saturated rings. The molecule has 1 aromatic carbocycles. The van der Waals surface area contributed by atoms with Crippen LogP contribution < -0.4 is 5.32 Å². The van der Waals surface area contributed by atoms with Crippen LogP contribution in [0, 0.1) is 5.82 Å². The van der Waals surface area contributed by atoms with E-state index < -0.39 is 0 Å². The van der Waals surface area contributed by atoms with Gasteiger partial charge in [-0.25, -0.2) is 14.4 Å². The zero-order valence-corrected chi connectivity index (χ0v) is 14.8. The van der Waals surface area contributed by atoms with E-state index in [-0.39, 0.29) is 18.3 Å². The number of thioether (sulfide) groups is 1. The average molecular weight is 371 g/mol. The molecule has 0 saturated carbocycles. The van der Waals surface area contributed by atoms with E-state index in [0.717, 1.165) is 24.2 Å². The van der Waals surface area contributed by atoms with Crippen molar-refractivity contribution in [1.82, 2.24) is 15.3 Å². The SMILES string of the molecule is O=C(NCc1ncco1)c1cccnc1SCCCc1ccc(F)cc1. The van der Waals surface area contributed by atoms with Gasteiger partial charge >= 0.3 is 0 Å². The molecule has 3 rings (SSSR count). The molecule has 1 amide bonds. The van der Waals surface area contributed by atoms with Crippen molar-refractivity contribution in [2.45, 2.75) is 24.4 Å². The first-order valence-corrected chi connectivity index (χ1v) is 9.20. The number of aryl methyl sites for hydroxylation is 1. The summed E-state index contributed by atoms with van der Waals surface area (Å²) < 4.78 is 18.0. The standard InChI is InChI=1S/C19H18FN3O2S/c20-15-7-5-14(6-8-15)3-2-12-26-19-16(4-1-9-22-19)18(24)23-13-17-21-10-11-25-17/h1,4-11H,2-3,12-13H2,(H,23,24). The van der Waals surface area contributed by atoms with Gasteiger partial charge < -0.3 is 9.73 Å². The van der Waals surface area contributed by atoms with Crippen molar-refractivity contribution in [3.05, 3.63) is 77.9 Å². The summed E-state index contributed by atoms with van der Waals surface area (Å²) in [6, 6.07) is 10.0. The van der Waals surface area contributed by atoms with E-state index >= 15 is 0 Å². The van der Waals surface area contributed by atoms with Crippen LogP contribution in [-0.2, 0) is 13.0 Å². The van der Waals surface area contributed by atoms with Crippen molar-refractivity contribution in [2.24, 2.45) is 0 Å². The van der Waals surface area contributed by atoms with Crippen LogP contribution in [0.1, 0.15) is 28.2 Å². The molecule has 0 unspecified atom stereocenters. The molecule has 0 atom stereocenters. The number of nitrogens with zero attached hydrogens (tertiary/aromatic N) is 2. The second kappa shape index (κ2) is 9.15. The number of pyridine rings is 1. The van der Waals surface area contributed by atoms with Crippen LogP contribution in [0.25, 0.3) is 0 Å².